The highest BCUT2D eigenvalue weighted by atomic mass is 15.1. The summed E-state index contributed by atoms with van der Waals surface area (Å²) in [7, 11) is 4.56. The van der Waals surface area contributed by atoms with Crippen molar-refractivity contribution in [1.29, 1.82) is 0 Å². The van der Waals surface area contributed by atoms with E-state index in [0.29, 0.717) is 0 Å². The van der Waals surface area contributed by atoms with E-state index in [9.17, 15) is 0 Å². The van der Waals surface area contributed by atoms with E-state index in [4.69, 9.17) is 4.98 Å². The molecule has 0 amide bonds. The van der Waals surface area contributed by atoms with Crippen molar-refractivity contribution >= 4 is 95.0 Å². The minimum atomic E-state index is 0.953. The van der Waals surface area contributed by atoms with Crippen molar-refractivity contribution in [1.82, 2.24) is 18.7 Å². The Bertz CT molecular complexity index is 3720. The largest absolute Gasteiger partial charge is 0.355 e. The molecule has 1 N–H and O–H groups in total. The van der Waals surface area contributed by atoms with Crippen LogP contribution in [0.4, 0.5) is 11.4 Å². The van der Waals surface area contributed by atoms with Crippen LogP contribution in [0.25, 0.3) is 99.3 Å². The number of nitrogens with zero attached hydrogens (tertiary/aromatic N) is 4. The third-order valence-electron chi connectivity index (χ3n) is 12.9. The predicted molar refractivity (Wildman–Crippen MR) is 257 cm³/mol. The fraction of sp³-hybridized carbons (Fsp3) is 0.0364. The van der Waals surface area contributed by atoms with Gasteiger partial charge in [-0.1, -0.05) is 144 Å². The molecule has 0 saturated carbocycles. The summed E-state index contributed by atoms with van der Waals surface area (Å²) < 4.78 is 7.33. The number of rotatable bonds is 5. The zero-order valence-corrected chi connectivity index (χ0v) is 33.7. The van der Waals surface area contributed by atoms with Gasteiger partial charge in [-0.2, -0.15) is 0 Å². The molecule has 3 aromatic heterocycles. The Morgan fingerprint density at radius 1 is 0.525 bits per heavy atom. The van der Waals surface area contributed by atoms with Gasteiger partial charge >= 0.3 is 0 Å². The lowest BCUT2D eigenvalue weighted by molar-refractivity contribution is 0.958. The molecule has 6 heteroatoms. The SMILES string of the molecule is Cc1ccc(Nc2ccccc2-c2cc(-n3c4ccccc4c4ccccc43)c3c4ccc5ccccc5c4n4c3c2[B]c2cc3nc(-c5ccccc5)n(C)c3cc2-4)cc1. The molecule has 1 radical (unpaired) electrons. The smallest absolute Gasteiger partial charge is 0.198 e. The first-order valence-corrected chi connectivity index (χ1v) is 20.9. The monoisotopic (exact) mass is 778 g/mol. The van der Waals surface area contributed by atoms with Crippen LogP contribution in [0.15, 0.2) is 182 Å². The number of hydrogen-bond acceptors (Lipinski definition) is 2. The summed E-state index contributed by atoms with van der Waals surface area (Å²) >= 11 is 0. The maximum Gasteiger partial charge on any atom is 0.198 e. The fourth-order valence-corrected chi connectivity index (χ4v) is 10.1. The highest BCUT2D eigenvalue weighted by Gasteiger charge is 2.31. The number of aromatic nitrogens is 4. The van der Waals surface area contributed by atoms with Crippen LogP contribution >= 0.6 is 0 Å². The number of benzene rings is 9. The van der Waals surface area contributed by atoms with Gasteiger partial charge in [-0.25, -0.2) is 4.98 Å². The molecule has 0 unspecified atom stereocenters. The fourth-order valence-electron chi connectivity index (χ4n) is 10.1. The normalized spacial score (nSPS) is 12.2. The zero-order chi connectivity index (χ0) is 40.3. The molecule has 9 aromatic carbocycles. The first-order valence-electron chi connectivity index (χ1n) is 20.9. The standard InChI is InChI=1S/C55H37BN5/c1-33-24-27-36(28-25-33)57-44-21-11-8-18-38(44)42-30-50(60-46-22-12-9-19-39(46)40-20-10-13-23-47(40)60)51-41-29-26-34-14-6-7-17-37(34)53(41)61-48-32-49-45(31-43(48)56-52(42)54(51)61)58-55(59(49)2)35-15-4-3-5-16-35/h3-32,57H,1-2H3. The molecular weight excluding hydrogens is 741 g/mol. The molecule has 285 valence electrons. The summed E-state index contributed by atoms with van der Waals surface area (Å²) in [4.78, 5) is 5.27. The topological polar surface area (TPSA) is 39.7 Å². The molecule has 12 aromatic rings. The lowest BCUT2D eigenvalue weighted by atomic mass is 9.59. The van der Waals surface area contributed by atoms with Crippen LogP contribution in [0.1, 0.15) is 5.56 Å². The van der Waals surface area contributed by atoms with Crippen LogP contribution < -0.4 is 16.2 Å². The van der Waals surface area contributed by atoms with Gasteiger partial charge in [-0.05, 0) is 71.9 Å². The van der Waals surface area contributed by atoms with Gasteiger partial charge in [0.15, 0.2) is 7.28 Å². The number of para-hydroxylation sites is 3. The van der Waals surface area contributed by atoms with Gasteiger partial charge in [0.05, 0.1) is 38.8 Å². The molecule has 0 atom stereocenters. The lowest BCUT2D eigenvalue weighted by Crippen LogP contribution is -2.37. The Labute approximate surface area is 353 Å². The Morgan fingerprint density at radius 3 is 2.00 bits per heavy atom. The van der Waals surface area contributed by atoms with Gasteiger partial charge in [0, 0.05) is 62.2 Å². The Balaban J connectivity index is 1.21. The average Bonchev–Trinajstić information content (AvgIpc) is 3.95. The van der Waals surface area contributed by atoms with Gasteiger partial charge in [-0.3, -0.25) is 0 Å². The lowest BCUT2D eigenvalue weighted by Gasteiger charge is -2.25. The second-order valence-corrected chi connectivity index (χ2v) is 16.4. The van der Waals surface area contributed by atoms with Crippen molar-refractivity contribution in [3.63, 3.8) is 0 Å². The van der Waals surface area contributed by atoms with Crippen LogP contribution in [0.5, 0.6) is 0 Å². The first-order chi connectivity index (χ1) is 30.1. The van der Waals surface area contributed by atoms with Gasteiger partial charge in [0.2, 0.25) is 0 Å². The van der Waals surface area contributed by atoms with E-state index in [1.54, 1.807) is 0 Å². The highest BCUT2D eigenvalue weighted by molar-refractivity contribution is 6.74. The van der Waals surface area contributed by atoms with E-state index >= 15 is 0 Å². The molecule has 4 heterocycles. The van der Waals surface area contributed by atoms with E-state index in [1.165, 1.54) is 65.4 Å². The van der Waals surface area contributed by atoms with Crippen molar-refractivity contribution in [3.8, 4) is 33.9 Å². The van der Waals surface area contributed by atoms with Crippen LogP contribution in [0.2, 0.25) is 0 Å². The van der Waals surface area contributed by atoms with Crippen molar-refractivity contribution in [3.05, 3.63) is 188 Å². The van der Waals surface area contributed by atoms with E-state index in [0.717, 1.165) is 61.8 Å². The van der Waals surface area contributed by atoms with Crippen LogP contribution in [-0.4, -0.2) is 26.0 Å². The third kappa shape index (κ3) is 4.93. The van der Waals surface area contributed by atoms with Gasteiger partial charge in [0.1, 0.15) is 5.82 Å². The summed E-state index contributed by atoms with van der Waals surface area (Å²) in [5, 5.41) is 11.2. The number of fused-ring (bicyclic) bond motifs is 11. The molecule has 0 aliphatic carbocycles. The summed E-state index contributed by atoms with van der Waals surface area (Å²) in [6, 6.07) is 66.2. The zero-order valence-electron chi connectivity index (χ0n) is 33.7. The predicted octanol–water partition coefficient (Wildman–Crippen LogP) is 12.3. The summed E-state index contributed by atoms with van der Waals surface area (Å²) in [6.45, 7) is 2.13. The van der Waals surface area contributed by atoms with E-state index < -0.39 is 0 Å². The molecule has 5 nitrogen and oxygen atoms in total. The minimum absolute atomic E-state index is 0.953. The number of hydrogen-bond donors (Lipinski definition) is 1. The van der Waals surface area contributed by atoms with Crippen LogP contribution in [-0.2, 0) is 7.05 Å². The van der Waals surface area contributed by atoms with Crippen molar-refractivity contribution in [2.45, 2.75) is 6.92 Å². The molecule has 13 rings (SSSR count). The van der Waals surface area contributed by atoms with E-state index in [-0.39, 0.29) is 0 Å². The van der Waals surface area contributed by atoms with Crippen molar-refractivity contribution in [2.75, 3.05) is 5.32 Å². The highest BCUT2D eigenvalue weighted by Crippen LogP contribution is 2.45. The quantitative estimate of drug-likeness (QED) is 0.177. The summed E-state index contributed by atoms with van der Waals surface area (Å²) in [5.41, 5.74) is 18.2. The molecular formula is C55H37BN5. The van der Waals surface area contributed by atoms with Crippen LogP contribution in [0.3, 0.4) is 0 Å². The summed E-state index contributed by atoms with van der Waals surface area (Å²) in [5.74, 6) is 0.953. The molecule has 0 fully saturated rings. The van der Waals surface area contributed by atoms with Gasteiger partial charge in [-0.15, -0.1) is 0 Å². The van der Waals surface area contributed by atoms with E-state index in [2.05, 4.69) is 222 Å². The molecule has 61 heavy (non-hydrogen) atoms. The second-order valence-electron chi connectivity index (χ2n) is 16.4. The van der Waals surface area contributed by atoms with Gasteiger partial charge in [0.25, 0.3) is 0 Å². The van der Waals surface area contributed by atoms with Crippen molar-refractivity contribution in [2.24, 2.45) is 7.05 Å². The average molecular weight is 779 g/mol. The van der Waals surface area contributed by atoms with Gasteiger partial charge < -0.3 is 19.0 Å². The maximum absolute atomic E-state index is 5.27. The number of nitrogens with one attached hydrogen (secondary N) is 1. The van der Waals surface area contributed by atoms with Crippen molar-refractivity contribution < 1.29 is 0 Å². The van der Waals surface area contributed by atoms with E-state index in [1.807, 2.05) is 0 Å². The Hall–Kier alpha value is -7.83. The molecule has 0 bridgehead atoms. The maximum atomic E-state index is 5.27. The minimum Gasteiger partial charge on any atom is -0.355 e. The number of imidazole rings is 1. The first kappa shape index (κ1) is 34.1. The third-order valence-corrected chi connectivity index (χ3v) is 12.9. The second kappa shape index (κ2) is 12.8. The summed E-state index contributed by atoms with van der Waals surface area (Å²) in [6.07, 6.45) is 0. The number of anilines is 2. The molecule has 1 aliphatic rings. The molecule has 1 aliphatic heterocycles. The van der Waals surface area contributed by atoms with Crippen LogP contribution in [0, 0.1) is 6.92 Å². The molecule has 0 spiro atoms. The number of aryl methyl sites for hydroxylation is 2. The molecule has 0 saturated heterocycles. The Kier molecular flexibility index (Phi) is 7.17. The Morgan fingerprint density at radius 2 is 1.21 bits per heavy atom.